The number of hydrogen-bond donors (Lipinski definition) is 0. The van der Waals surface area contributed by atoms with Crippen LogP contribution in [-0.2, 0) is 4.79 Å². The van der Waals surface area contributed by atoms with Gasteiger partial charge in [0.05, 0.1) is 0 Å². The molecule has 3 aromatic rings. The first-order valence-corrected chi connectivity index (χ1v) is 8.12. The second kappa shape index (κ2) is 6.99. The summed E-state index contributed by atoms with van der Waals surface area (Å²) in [6, 6.07) is 18.7. The quantitative estimate of drug-likeness (QED) is 0.319. The molecule has 0 aromatic heterocycles. The average molecular weight is 388 g/mol. The number of benzene rings is 3. The third kappa shape index (κ3) is 4.21. The van der Waals surface area contributed by atoms with E-state index in [1.165, 1.54) is 6.08 Å². The Balaban J connectivity index is 1.73. The number of halogens is 2. The molecule has 4 heteroatoms. The van der Waals surface area contributed by atoms with Crippen molar-refractivity contribution < 1.29 is 9.53 Å². The molecule has 0 bridgehead atoms. The molecule has 3 aromatic carbocycles. The van der Waals surface area contributed by atoms with Gasteiger partial charge in [-0.15, -0.1) is 0 Å². The van der Waals surface area contributed by atoms with Gasteiger partial charge in [-0.05, 0) is 58.8 Å². The number of esters is 1. The fraction of sp³-hybridized carbons (Fsp3) is 0. The Kier molecular flexibility index (Phi) is 4.79. The smallest absolute Gasteiger partial charge is 0.336 e. The zero-order valence-electron chi connectivity index (χ0n) is 12.0. The largest absolute Gasteiger partial charge is 0.423 e. The lowest BCUT2D eigenvalue weighted by Gasteiger charge is -2.04. The summed E-state index contributed by atoms with van der Waals surface area (Å²) in [6.45, 7) is 0. The highest BCUT2D eigenvalue weighted by Gasteiger charge is 2.03. The zero-order valence-corrected chi connectivity index (χ0v) is 14.3. The van der Waals surface area contributed by atoms with Crippen LogP contribution in [0.1, 0.15) is 5.56 Å². The molecule has 0 amide bonds. The van der Waals surface area contributed by atoms with Gasteiger partial charge in [0.15, 0.2) is 0 Å². The van der Waals surface area contributed by atoms with Crippen LogP contribution in [-0.4, -0.2) is 5.97 Å². The first-order chi connectivity index (χ1) is 11.1. The molecule has 0 atom stereocenters. The maximum Gasteiger partial charge on any atom is 0.336 e. The molecule has 0 aliphatic rings. The van der Waals surface area contributed by atoms with E-state index in [0.29, 0.717) is 10.8 Å². The van der Waals surface area contributed by atoms with Crippen LogP contribution in [0, 0.1) is 0 Å². The van der Waals surface area contributed by atoms with Crippen LogP contribution < -0.4 is 4.74 Å². The van der Waals surface area contributed by atoms with E-state index < -0.39 is 5.97 Å². The van der Waals surface area contributed by atoms with Crippen molar-refractivity contribution >= 4 is 50.3 Å². The van der Waals surface area contributed by atoms with Crippen LogP contribution in [0.3, 0.4) is 0 Å². The van der Waals surface area contributed by atoms with Gasteiger partial charge in [-0.1, -0.05) is 51.8 Å². The minimum absolute atomic E-state index is 0.429. The Morgan fingerprint density at radius 1 is 1.00 bits per heavy atom. The lowest BCUT2D eigenvalue weighted by atomic mass is 10.1. The van der Waals surface area contributed by atoms with Crippen molar-refractivity contribution in [3.05, 3.63) is 81.8 Å². The minimum atomic E-state index is -0.429. The topological polar surface area (TPSA) is 26.3 Å². The van der Waals surface area contributed by atoms with E-state index in [0.717, 1.165) is 20.8 Å². The lowest BCUT2D eigenvalue weighted by molar-refractivity contribution is -0.128. The fourth-order valence-electron chi connectivity index (χ4n) is 2.18. The molecular formula is C19H12BrClO2. The molecule has 0 aliphatic carbocycles. The van der Waals surface area contributed by atoms with Crippen LogP contribution in [0.2, 0.25) is 5.02 Å². The minimum Gasteiger partial charge on any atom is -0.423 e. The molecule has 114 valence electrons. The Bertz CT molecular complexity index is 903. The van der Waals surface area contributed by atoms with Crippen LogP contribution in [0.15, 0.2) is 71.2 Å². The van der Waals surface area contributed by atoms with Crippen LogP contribution >= 0.6 is 27.5 Å². The summed E-state index contributed by atoms with van der Waals surface area (Å²) < 4.78 is 6.35. The maximum absolute atomic E-state index is 11.9. The number of carbonyl (C=O) groups excluding carboxylic acids is 1. The van der Waals surface area contributed by atoms with Gasteiger partial charge in [-0.25, -0.2) is 4.79 Å². The van der Waals surface area contributed by atoms with Crippen molar-refractivity contribution in [3.8, 4) is 5.75 Å². The van der Waals surface area contributed by atoms with Gasteiger partial charge >= 0.3 is 5.97 Å². The molecule has 0 spiro atoms. The Hall–Kier alpha value is -2.10. The van der Waals surface area contributed by atoms with E-state index in [-0.39, 0.29) is 0 Å². The predicted molar refractivity (Wildman–Crippen MR) is 97.8 cm³/mol. The zero-order chi connectivity index (χ0) is 16.2. The van der Waals surface area contributed by atoms with E-state index in [4.69, 9.17) is 16.3 Å². The van der Waals surface area contributed by atoms with Crippen LogP contribution in [0.4, 0.5) is 0 Å². The Morgan fingerprint density at radius 3 is 2.61 bits per heavy atom. The van der Waals surface area contributed by atoms with Gasteiger partial charge in [-0.3, -0.25) is 0 Å². The van der Waals surface area contributed by atoms with Crippen molar-refractivity contribution in [1.29, 1.82) is 0 Å². The molecule has 0 aliphatic heterocycles. The summed E-state index contributed by atoms with van der Waals surface area (Å²) >= 11 is 9.34. The molecule has 0 N–H and O–H groups in total. The van der Waals surface area contributed by atoms with Gasteiger partial charge < -0.3 is 4.74 Å². The number of hydrogen-bond acceptors (Lipinski definition) is 2. The molecule has 3 rings (SSSR count). The molecule has 23 heavy (non-hydrogen) atoms. The highest BCUT2D eigenvalue weighted by molar-refractivity contribution is 9.10. The third-order valence-corrected chi connectivity index (χ3v) is 3.98. The summed E-state index contributed by atoms with van der Waals surface area (Å²) in [6.07, 6.45) is 3.06. The number of carbonyl (C=O) groups is 1. The highest BCUT2D eigenvalue weighted by Crippen LogP contribution is 2.24. The molecule has 0 unspecified atom stereocenters. The van der Waals surface area contributed by atoms with Crippen molar-refractivity contribution in [3.63, 3.8) is 0 Å². The van der Waals surface area contributed by atoms with Gasteiger partial charge in [-0.2, -0.15) is 0 Å². The Labute approximate surface area is 147 Å². The van der Waals surface area contributed by atoms with Gasteiger partial charge in [0.2, 0.25) is 0 Å². The average Bonchev–Trinajstić information content (AvgIpc) is 2.53. The first-order valence-electron chi connectivity index (χ1n) is 6.95. The van der Waals surface area contributed by atoms with Crippen LogP contribution in [0.25, 0.3) is 16.8 Å². The van der Waals surface area contributed by atoms with E-state index in [1.807, 2.05) is 42.5 Å². The van der Waals surface area contributed by atoms with Crippen LogP contribution in [0.5, 0.6) is 5.75 Å². The highest BCUT2D eigenvalue weighted by atomic mass is 79.9. The molecular weight excluding hydrogens is 376 g/mol. The van der Waals surface area contributed by atoms with Gasteiger partial charge in [0.1, 0.15) is 5.75 Å². The summed E-state index contributed by atoms with van der Waals surface area (Å²) in [7, 11) is 0. The van der Waals surface area contributed by atoms with E-state index in [9.17, 15) is 4.79 Å². The standard InChI is InChI=1S/C19H12BrClO2/c20-16-7-5-15-12-18(8-6-14(15)11-16)23-19(22)9-4-13-2-1-3-17(21)10-13/h1-12H. The molecule has 0 heterocycles. The van der Waals surface area contributed by atoms with Crippen molar-refractivity contribution in [2.75, 3.05) is 0 Å². The number of rotatable bonds is 3. The summed E-state index contributed by atoms with van der Waals surface area (Å²) in [5, 5.41) is 2.71. The van der Waals surface area contributed by atoms with Crippen molar-refractivity contribution in [2.24, 2.45) is 0 Å². The monoisotopic (exact) mass is 386 g/mol. The fourth-order valence-corrected chi connectivity index (χ4v) is 2.76. The summed E-state index contributed by atoms with van der Waals surface area (Å²) in [5.41, 5.74) is 0.845. The summed E-state index contributed by atoms with van der Waals surface area (Å²) in [5.74, 6) is 0.0852. The van der Waals surface area contributed by atoms with E-state index >= 15 is 0 Å². The van der Waals surface area contributed by atoms with E-state index in [1.54, 1.807) is 24.3 Å². The van der Waals surface area contributed by atoms with Gasteiger partial charge in [0, 0.05) is 15.6 Å². The number of ether oxygens (including phenoxy) is 1. The molecule has 2 nitrogen and oxygen atoms in total. The van der Waals surface area contributed by atoms with Crippen molar-refractivity contribution in [1.82, 2.24) is 0 Å². The second-order valence-electron chi connectivity index (χ2n) is 4.96. The second-order valence-corrected chi connectivity index (χ2v) is 6.31. The first kappa shape index (κ1) is 15.8. The molecule has 0 fully saturated rings. The van der Waals surface area contributed by atoms with E-state index in [2.05, 4.69) is 15.9 Å². The maximum atomic E-state index is 11.9. The normalized spacial score (nSPS) is 11.0. The summed E-state index contributed by atoms with van der Waals surface area (Å²) in [4.78, 5) is 11.9. The SMILES string of the molecule is O=C(C=Cc1cccc(Cl)c1)Oc1ccc2cc(Br)ccc2c1. The van der Waals surface area contributed by atoms with Crippen molar-refractivity contribution in [2.45, 2.75) is 0 Å². The third-order valence-electron chi connectivity index (χ3n) is 3.25. The van der Waals surface area contributed by atoms with Gasteiger partial charge in [0.25, 0.3) is 0 Å². The lowest BCUT2D eigenvalue weighted by Crippen LogP contribution is -2.03. The predicted octanol–water partition coefficient (Wildman–Crippen LogP) is 5.87. The number of fused-ring (bicyclic) bond motifs is 1. The molecule has 0 saturated heterocycles. The molecule has 0 saturated carbocycles. The Morgan fingerprint density at radius 2 is 1.78 bits per heavy atom. The molecule has 0 radical (unpaired) electrons.